The fraction of sp³-hybridized carbons (Fsp3) is 0.348. The molecule has 0 spiro atoms. The first-order valence-electron chi connectivity index (χ1n) is 9.96. The van der Waals surface area contributed by atoms with E-state index < -0.39 is 6.09 Å². The molecular weight excluding hydrogens is 366 g/mol. The van der Waals surface area contributed by atoms with Crippen LogP contribution < -0.4 is 15.8 Å². The van der Waals surface area contributed by atoms with Crippen LogP contribution in [-0.2, 0) is 4.74 Å². The molecule has 2 aromatic carbocycles. The second kappa shape index (κ2) is 8.47. The van der Waals surface area contributed by atoms with Gasteiger partial charge in [-0.15, -0.1) is 0 Å². The minimum absolute atomic E-state index is 0.169. The maximum atomic E-state index is 11.8. The van der Waals surface area contributed by atoms with E-state index in [0.29, 0.717) is 12.3 Å². The number of carbonyl (C=O) groups excluding carboxylic acids is 1. The van der Waals surface area contributed by atoms with E-state index in [1.807, 2.05) is 63.2 Å². The first-order valence-corrected chi connectivity index (χ1v) is 9.96. The molecule has 6 nitrogen and oxygen atoms in total. The standard InChI is InChI=1S/C23H29N3O3/c1-6-28-18-11-12-19-20(13-18)26(14(2)3)22(21(19)24)16-7-9-17(10-8-16)25-23(27)29-15(4)5/h7-15H,6,24H2,1-5H3,(H,25,27). The van der Waals surface area contributed by atoms with Gasteiger partial charge in [0.05, 0.1) is 29.6 Å². The smallest absolute Gasteiger partial charge is 0.411 e. The quantitative estimate of drug-likeness (QED) is 0.551. The van der Waals surface area contributed by atoms with Crippen LogP contribution in [0.25, 0.3) is 22.2 Å². The zero-order valence-electron chi connectivity index (χ0n) is 17.7. The molecule has 0 saturated carbocycles. The lowest BCUT2D eigenvalue weighted by molar-refractivity contribution is 0.130. The second-order valence-electron chi connectivity index (χ2n) is 7.49. The molecule has 0 fully saturated rings. The number of rotatable bonds is 6. The molecule has 3 rings (SSSR count). The lowest BCUT2D eigenvalue weighted by atomic mass is 10.1. The molecule has 154 valence electrons. The Morgan fingerprint density at radius 1 is 1.10 bits per heavy atom. The Morgan fingerprint density at radius 3 is 2.38 bits per heavy atom. The monoisotopic (exact) mass is 395 g/mol. The predicted molar refractivity (Wildman–Crippen MR) is 119 cm³/mol. The molecule has 3 aromatic rings. The fourth-order valence-electron chi connectivity index (χ4n) is 3.48. The normalized spacial score (nSPS) is 11.3. The van der Waals surface area contributed by atoms with E-state index in [1.165, 1.54) is 0 Å². The highest BCUT2D eigenvalue weighted by molar-refractivity contribution is 6.01. The topological polar surface area (TPSA) is 78.5 Å². The van der Waals surface area contributed by atoms with Gasteiger partial charge in [-0.25, -0.2) is 4.79 Å². The number of ether oxygens (including phenoxy) is 2. The average Bonchev–Trinajstić information content (AvgIpc) is 2.94. The minimum atomic E-state index is -0.466. The van der Waals surface area contributed by atoms with Gasteiger partial charge in [0, 0.05) is 28.7 Å². The summed E-state index contributed by atoms with van der Waals surface area (Å²) < 4.78 is 13.0. The lowest BCUT2D eigenvalue weighted by Gasteiger charge is -2.16. The van der Waals surface area contributed by atoms with Gasteiger partial charge in [-0.05, 0) is 58.9 Å². The summed E-state index contributed by atoms with van der Waals surface area (Å²) in [6.07, 6.45) is -0.635. The van der Waals surface area contributed by atoms with Crippen LogP contribution in [0, 0.1) is 0 Å². The van der Waals surface area contributed by atoms with Gasteiger partial charge in [0.1, 0.15) is 5.75 Å². The lowest BCUT2D eigenvalue weighted by Crippen LogP contribution is -2.17. The predicted octanol–water partition coefficient (Wildman–Crippen LogP) is 5.83. The number of nitrogens with two attached hydrogens (primary N) is 1. The summed E-state index contributed by atoms with van der Waals surface area (Å²) in [6, 6.07) is 13.8. The SMILES string of the molecule is CCOc1ccc2c(N)c(-c3ccc(NC(=O)OC(C)C)cc3)n(C(C)C)c2c1. The average molecular weight is 396 g/mol. The van der Waals surface area contributed by atoms with E-state index in [9.17, 15) is 4.79 Å². The molecule has 29 heavy (non-hydrogen) atoms. The molecule has 0 saturated heterocycles. The van der Waals surface area contributed by atoms with Gasteiger partial charge in [-0.2, -0.15) is 0 Å². The molecule has 1 heterocycles. The van der Waals surface area contributed by atoms with E-state index in [1.54, 1.807) is 0 Å². The van der Waals surface area contributed by atoms with Crippen molar-refractivity contribution in [1.82, 2.24) is 4.57 Å². The van der Waals surface area contributed by atoms with Crippen LogP contribution in [0.3, 0.4) is 0 Å². The molecule has 0 atom stereocenters. The maximum Gasteiger partial charge on any atom is 0.411 e. The van der Waals surface area contributed by atoms with Gasteiger partial charge >= 0.3 is 6.09 Å². The highest BCUT2D eigenvalue weighted by atomic mass is 16.6. The van der Waals surface area contributed by atoms with Gasteiger partial charge in [0.25, 0.3) is 0 Å². The van der Waals surface area contributed by atoms with Gasteiger partial charge in [-0.1, -0.05) is 12.1 Å². The number of nitrogen functional groups attached to an aromatic ring is 1. The number of carbonyl (C=O) groups is 1. The van der Waals surface area contributed by atoms with Crippen molar-refractivity contribution in [2.45, 2.75) is 46.8 Å². The first kappa shape index (κ1) is 20.6. The van der Waals surface area contributed by atoms with Gasteiger partial charge in [-0.3, -0.25) is 5.32 Å². The summed E-state index contributed by atoms with van der Waals surface area (Å²) in [5.41, 5.74) is 10.9. The molecule has 1 aromatic heterocycles. The van der Waals surface area contributed by atoms with Crippen molar-refractivity contribution in [1.29, 1.82) is 0 Å². The van der Waals surface area contributed by atoms with E-state index >= 15 is 0 Å². The van der Waals surface area contributed by atoms with Crippen LogP contribution in [0.2, 0.25) is 0 Å². The van der Waals surface area contributed by atoms with Crippen molar-refractivity contribution < 1.29 is 14.3 Å². The van der Waals surface area contributed by atoms with Crippen LogP contribution in [0.4, 0.5) is 16.2 Å². The number of hydrogen-bond donors (Lipinski definition) is 2. The molecule has 0 unspecified atom stereocenters. The van der Waals surface area contributed by atoms with Crippen molar-refractivity contribution in [2.75, 3.05) is 17.7 Å². The Bertz CT molecular complexity index is 1000. The van der Waals surface area contributed by atoms with Crippen LogP contribution in [-0.4, -0.2) is 23.4 Å². The molecule has 0 radical (unpaired) electrons. The number of benzene rings is 2. The highest BCUT2D eigenvalue weighted by Gasteiger charge is 2.19. The van der Waals surface area contributed by atoms with Crippen molar-refractivity contribution in [3.05, 3.63) is 42.5 Å². The third-order valence-electron chi connectivity index (χ3n) is 4.59. The Labute approximate surface area is 171 Å². The summed E-state index contributed by atoms with van der Waals surface area (Å²) in [7, 11) is 0. The summed E-state index contributed by atoms with van der Waals surface area (Å²) in [6.45, 7) is 10.5. The molecular formula is C23H29N3O3. The molecule has 0 aliphatic rings. The van der Waals surface area contributed by atoms with Crippen molar-refractivity contribution in [3.63, 3.8) is 0 Å². The second-order valence-corrected chi connectivity index (χ2v) is 7.49. The maximum absolute atomic E-state index is 11.8. The molecule has 0 aliphatic heterocycles. The number of hydrogen-bond acceptors (Lipinski definition) is 4. The third-order valence-corrected chi connectivity index (χ3v) is 4.59. The number of fused-ring (bicyclic) bond motifs is 1. The zero-order valence-corrected chi connectivity index (χ0v) is 17.7. The van der Waals surface area contributed by atoms with Crippen LogP contribution in [0.15, 0.2) is 42.5 Å². The number of amides is 1. The minimum Gasteiger partial charge on any atom is -0.494 e. The van der Waals surface area contributed by atoms with E-state index in [-0.39, 0.29) is 12.1 Å². The Morgan fingerprint density at radius 2 is 1.79 bits per heavy atom. The summed E-state index contributed by atoms with van der Waals surface area (Å²) >= 11 is 0. The Hall–Kier alpha value is -3.15. The summed E-state index contributed by atoms with van der Waals surface area (Å²) in [5.74, 6) is 0.828. The van der Waals surface area contributed by atoms with Crippen LogP contribution >= 0.6 is 0 Å². The van der Waals surface area contributed by atoms with Crippen molar-refractivity contribution in [3.8, 4) is 17.0 Å². The van der Waals surface area contributed by atoms with Crippen molar-refractivity contribution in [2.24, 2.45) is 0 Å². The molecule has 1 amide bonds. The molecule has 0 aliphatic carbocycles. The summed E-state index contributed by atoms with van der Waals surface area (Å²) in [5, 5.41) is 3.74. The summed E-state index contributed by atoms with van der Waals surface area (Å²) in [4.78, 5) is 11.8. The van der Waals surface area contributed by atoms with Crippen molar-refractivity contribution >= 4 is 28.4 Å². The van der Waals surface area contributed by atoms with Crippen LogP contribution in [0.5, 0.6) is 5.75 Å². The molecule has 3 N–H and O–H groups in total. The van der Waals surface area contributed by atoms with E-state index in [0.717, 1.165) is 33.6 Å². The molecule has 6 heteroatoms. The Balaban J connectivity index is 2.01. The zero-order chi connectivity index (χ0) is 21.1. The molecule has 0 bridgehead atoms. The first-order chi connectivity index (χ1) is 13.8. The Kier molecular flexibility index (Phi) is 6.01. The van der Waals surface area contributed by atoms with Gasteiger partial charge < -0.3 is 19.8 Å². The fourth-order valence-corrected chi connectivity index (χ4v) is 3.48. The van der Waals surface area contributed by atoms with Crippen LogP contribution in [0.1, 0.15) is 40.7 Å². The van der Waals surface area contributed by atoms with Gasteiger partial charge in [0.15, 0.2) is 0 Å². The number of anilines is 2. The van der Waals surface area contributed by atoms with E-state index in [2.05, 4.69) is 23.7 Å². The van der Waals surface area contributed by atoms with E-state index in [4.69, 9.17) is 15.2 Å². The number of nitrogens with zero attached hydrogens (tertiary/aromatic N) is 1. The highest BCUT2D eigenvalue weighted by Crippen LogP contribution is 2.40. The number of nitrogens with one attached hydrogen (secondary N) is 1. The largest absolute Gasteiger partial charge is 0.494 e. The number of aromatic nitrogens is 1. The van der Waals surface area contributed by atoms with Gasteiger partial charge in [0.2, 0.25) is 0 Å². The third kappa shape index (κ3) is 4.31.